The summed E-state index contributed by atoms with van der Waals surface area (Å²) in [6.45, 7) is 2.02. The van der Waals surface area contributed by atoms with Gasteiger partial charge in [0.15, 0.2) is 11.8 Å². The number of fused-ring (bicyclic) bond motifs is 1. The second-order valence-electron chi connectivity index (χ2n) is 3.83. The summed E-state index contributed by atoms with van der Waals surface area (Å²) >= 11 is 5.91. The number of aromatic nitrogens is 4. The summed E-state index contributed by atoms with van der Waals surface area (Å²) in [5.41, 5.74) is 1.17. The maximum Gasteiger partial charge on any atom is 0.233 e. The van der Waals surface area contributed by atoms with Gasteiger partial charge in [-0.1, -0.05) is 11.6 Å². The minimum atomic E-state index is 0.201. The summed E-state index contributed by atoms with van der Waals surface area (Å²) < 4.78 is 10.8. The molecule has 0 amide bonds. The van der Waals surface area contributed by atoms with Crippen LogP contribution in [-0.4, -0.2) is 19.9 Å². The topological polar surface area (TPSA) is 73.9 Å². The first-order valence-electron chi connectivity index (χ1n) is 5.54. The fraction of sp³-hybridized carbons (Fsp3) is 0.167. The molecule has 0 aliphatic heterocycles. The monoisotopic (exact) mass is 276 g/mol. The molecule has 0 saturated carbocycles. The van der Waals surface area contributed by atoms with Crippen molar-refractivity contribution in [1.29, 1.82) is 0 Å². The molecule has 0 atom stereocenters. The van der Waals surface area contributed by atoms with Gasteiger partial charge in [0.25, 0.3) is 0 Å². The number of aryl methyl sites for hydroxylation is 1. The zero-order chi connectivity index (χ0) is 13.2. The Hall–Kier alpha value is -2.21. The SMILES string of the molecule is Cc1cnc(COc2cnc3c(Cl)nccc3n2)o1. The summed E-state index contributed by atoms with van der Waals surface area (Å²) in [4.78, 5) is 16.4. The summed E-state index contributed by atoms with van der Waals surface area (Å²) in [5, 5.41) is 0.319. The Morgan fingerprint density at radius 3 is 2.95 bits per heavy atom. The number of oxazole rings is 1. The minimum Gasteiger partial charge on any atom is -0.467 e. The van der Waals surface area contributed by atoms with Crippen molar-refractivity contribution in [2.45, 2.75) is 13.5 Å². The minimum absolute atomic E-state index is 0.201. The van der Waals surface area contributed by atoms with Gasteiger partial charge in [-0.2, -0.15) is 0 Å². The molecule has 0 saturated heterocycles. The number of nitrogens with zero attached hydrogens (tertiary/aromatic N) is 4. The zero-order valence-electron chi connectivity index (χ0n) is 10.00. The summed E-state index contributed by atoms with van der Waals surface area (Å²) in [5.74, 6) is 1.61. The molecule has 0 aromatic carbocycles. The zero-order valence-corrected chi connectivity index (χ0v) is 10.8. The first-order chi connectivity index (χ1) is 9.22. The van der Waals surface area contributed by atoms with Crippen molar-refractivity contribution in [2.75, 3.05) is 0 Å². The quantitative estimate of drug-likeness (QED) is 0.685. The number of halogens is 1. The highest BCUT2D eigenvalue weighted by atomic mass is 35.5. The molecule has 3 aromatic rings. The van der Waals surface area contributed by atoms with E-state index in [0.717, 1.165) is 5.76 Å². The molecular weight excluding hydrogens is 268 g/mol. The summed E-state index contributed by atoms with van der Waals surface area (Å²) in [6.07, 6.45) is 4.70. The largest absolute Gasteiger partial charge is 0.467 e. The van der Waals surface area contributed by atoms with Crippen molar-refractivity contribution < 1.29 is 9.15 Å². The predicted octanol–water partition coefficient (Wildman–Crippen LogP) is 2.55. The molecule has 19 heavy (non-hydrogen) atoms. The third-order valence-corrected chi connectivity index (χ3v) is 2.68. The molecule has 0 N–H and O–H groups in total. The van der Waals surface area contributed by atoms with Crippen LogP contribution >= 0.6 is 11.6 Å². The number of rotatable bonds is 3. The fourth-order valence-electron chi connectivity index (χ4n) is 1.57. The Morgan fingerprint density at radius 2 is 2.16 bits per heavy atom. The highest BCUT2D eigenvalue weighted by molar-refractivity contribution is 6.33. The van der Waals surface area contributed by atoms with E-state index < -0.39 is 0 Å². The lowest BCUT2D eigenvalue weighted by atomic mass is 10.4. The van der Waals surface area contributed by atoms with Crippen molar-refractivity contribution >= 4 is 22.6 Å². The first-order valence-corrected chi connectivity index (χ1v) is 5.91. The molecule has 0 aliphatic carbocycles. The number of hydrogen-bond acceptors (Lipinski definition) is 6. The Bertz CT molecular complexity index is 729. The van der Waals surface area contributed by atoms with Crippen LogP contribution in [0.4, 0.5) is 0 Å². The predicted molar refractivity (Wildman–Crippen MR) is 67.9 cm³/mol. The smallest absolute Gasteiger partial charge is 0.233 e. The molecule has 3 rings (SSSR count). The average molecular weight is 277 g/mol. The molecule has 0 unspecified atom stereocenters. The van der Waals surface area contributed by atoms with E-state index in [0.29, 0.717) is 28.0 Å². The van der Waals surface area contributed by atoms with Gasteiger partial charge in [-0.15, -0.1) is 0 Å². The van der Waals surface area contributed by atoms with Crippen LogP contribution in [0.2, 0.25) is 5.15 Å². The van der Waals surface area contributed by atoms with Crippen LogP contribution in [0.5, 0.6) is 5.88 Å². The van der Waals surface area contributed by atoms with Crippen LogP contribution in [0.25, 0.3) is 11.0 Å². The molecule has 3 aromatic heterocycles. The van der Waals surface area contributed by atoms with Gasteiger partial charge in [0.05, 0.1) is 17.9 Å². The molecule has 96 valence electrons. The maximum atomic E-state index is 5.91. The second-order valence-corrected chi connectivity index (χ2v) is 4.19. The van der Waals surface area contributed by atoms with Crippen molar-refractivity contribution in [2.24, 2.45) is 0 Å². The Labute approximate surface area is 113 Å². The van der Waals surface area contributed by atoms with E-state index >= 15 is 0 Å². The van der Waals surface area contributed by atoms with E-state index in [9.17, 15) is 0 Å². The molecule has 0 radical (unpaired) electrons. The Morgan fingerprint density at radius 1 is 1.26 bits per heavy atom. The number of ether oxygens (including phenoxy) is 1. The van der Waals surface area contributed by atoms with E-state index in [4.69, 9.17) is 20.8 Å². The second kappa shape index (κ2) is 4.81. The number of hydrogen-bond donors (Lipinski definition) is 0. The van der Waals surface area contributed by atoms with Gasteiger partial charge in [-0.25, -0.2) is 19.9 Å². The van der Waals surface area contributed by atoms with Crippen molar-refractivity contribution in [3.8, 4) is 5.88 Å². The first kappa shape index (κ1) is 11.9. The molecule has 0 spiro atoms. The molecule has 0 bridgehead atoms. The van der Waals surface area contributed by atoms with Gasteiger partial charge < -0.3 is 9.15 Å². The summed E-state index contributed by atoms with van der Waals surface area (Å²) in [6, 6.07) is 1.72. The number of pyridine rings is 1. The van der Waals surface area contributed by atoms with Crippen LogP contribution in [0.15, 0.2) is 29.1 Å². The lowest BCUT2D eigenvalue weighted by Gasteiger charge is -2.03. The average Bonchev–Trinajstić information content (AvgIpc) is 2.82. The lowest BCUT2D eigenvalue weighted by Crippen LogP contribution is -1.98. The molecule has 0 aliphatic rings. The Kier molecular flexibility index (Phi) is 3.00. The van der Waals surface area contributed by atoms with Crippen LogP contribution in [-0.2, 0) is 6.61 Å². The van der Waals surface area contributed by atoms with E-state index in [1.807, 2.05) is 6.92 Å². The van der Waals surface area contributed by atoms with E-state index in [1.165, 1.54) is 6.20 Å². The third kappa shape index (κ3) is 2.48. The van der Waals surface area contributed by atoms with Gasteiger partial charge in [0, 0.05) is 6.20 Å². The van der Waals surface area contributed by atoms with E-state index in [1.54, 1.807) is 18.5 Å². The van der Waals surface area contributed by atoms with Crippen LogP contribution in [0.1, 0.15) is 11.7 Å². The van der Waals surface area contributed by atoms with Gasteiger partial charge in [0.1, 0.15) is 11.3 Å². The van der Waals surface area contributed by atoms with E-state index in [2.05, 4.69) is 19.9 Å². The van der Waals surface area contributed by atoms with Gasteiger partial charge in [-0.3, -0.25) is 0 Å². The van der Waals surface area contributed by atoms with Gasteiger partial charge in [-0.05, 0) is 13.0 Å². The lowest BCUT2D eigenvalue weighted by molar-refractivity contribution is 0.251. The van der Waals surface area contributed by atoms with Crippen molar-refractivity contribution in [3.63, 3.8) is 0 Å². The van der Waals surface area contributed by atoms with Crippen molar-refractivity contribution in [3.05, 3.63) is 41.5 Å². The molecular formula is C12H9ClN4O2. The van der Waals surface area contributed by atoms with Crippen LogP contribution in [0, 0.1) is 6.92 Å². The van der Waals surface area contributed by atoms with Crippen LogP contribution in [0.3, 0.4) is 0 Å². The highest BCUT2D eigenvalue weighted by Gasteiger charge is 2.06. The third-order valence-electron chi connectivity index (χ3n) is 2.41. The Balaban J connectivity index is 1.82. The molecule has 6 nitrogen and oxygen atoms in total. The molecule has 7 heteroatoms. The molecule has 0 fully saturated rings. The van der Waals surface area contributed by atoms with Gasteiger partial charge in [0.2, 0.25) is 11.8 Å². The maximum absolute atomic E-state index is 5.91. The summed E-state index contributed by atoms with van der Waals surface area (Å²) in [7, 11) is 0. The highest BCUT2D eigenvalue weighted by Crippen LogP contribution is 2.19. The normalized spacial score (nSPS) is 10.8. The standard InChI is InChI=1S/C12H9ClN4O2/c1-7-4-15-10(19-7)6-18-9-5-16-11-8(17-9)2-3-14-12(11)13/h2-5H,6H2,1H3. The van der Waals surface area contributed by atoms with Crippen LogP contribution < -0.4 is 4.74 Å². The van der Waals surface area contributed by atoms with E-state index in [-0.39, 0.29) is 6.61 Å². The molecule has 3 heterocycles. The van der Waals surface area contributed by atoms with Crippen molar-refractivity contribution in [1.82, 2.24) is 19.9 Å². The van der Waals surface area contributed by atoms with Gasteiger partial charge >= 0.3 is 0 Å². The fourth-order valence-corrected chi connectivity index (χ4v) is 1.77.